The number of anilines is 1. The van der Waals surface area contributed by atoms with Gasteiger partial charge in [-0.2, -0.15) is 0 Å². The molecule has 0 radical (unpaired) electrons. The van der Waals surface area contributed by atoms with Crippen LogP contribution in [0.25, 0.3) is 0 Å². The van der Waals surface area contributed by atoms with Crippen molar-refractivity contribution in [3.63, 3.8) is 0 Å². The summed E-state index contributed by atoms with van der Waals surface area (Å²) < 4.78 is 5.38. The Morgan fingerprint density at radius 1 is 0.944 bits per heavy atom. The highest BCUT2D eigenvalue weighted by Crippen LogP contribution is 2.44. The molecule has 5 atom stereocenters. The zero-order chi connectivity index (χ0) is 24.8. The molecule has 2 saturated heterocycles. The molecule has 2 aliphatic heterocycles. The standard InChI is InChI=1S/C29H36N4O3/c1-17-24(4-3-5-26(17)36-2)29(35)31-21-14-22-9-10-23(15-21)33(22)27-11-8-20(16-30-27)28(34)32-25-13-18-6-7-19(25)12-18/h3-5,8,11,16,18-19,21-23,25H,6-7,9-10,12-15H2,1-2H3,(H,31,35)(H,32,34)/t18?,19?,21?,22?,23?,25-/m1/s1. The number of hydrogen-bond donors (Lipinski definition) is 2. The fourth-order valence-corrected chi connectivity index (χ4v) is 7.36. The van der Waals surface area contributed by atoms with Gasteiger partial charge in [0.05, 0.1) is 12.7 Å². The summed E-state index contributed by atoms with van der Waals surface area (Å²) in [7, 11) is 1.63. The van der Waals surface area contributed by atoms with Gasteiger partial charge in [-0.3, -0.25) is 9.59 Å². The molecular formula is C29H36N4O3. The van der Waals surface area contributed by atoms with E-state index in [0.717, 1.165) is 55.2 Å². The van der Waals surface area contributed by atoms with Crippen LogP contribution in [-0.4, -0.2) is 48.1 Å². The second-order valence-corrected chi connectivity index (χ2v) is 11.2. The van der Waals surface area contributed by atoms with E-state index in [1.54, 1.807) is 13.3 Å². The molecule has 2 aliphatic carbocycles. The summed E-state index contributed by atoms with van der Waals surface area (Å²) in [5.41, 5.74) is 2.18. The number of nitrogens with zero attached hydrogens (tertiary/aromatic N) is 2. The quantitative estimate of drug-likeness (QED) is 0.635. The van der Waals surface area contributed by atoms with E-state index >= 15 is 0 Å². The zero-order valence-corrected chi connectivity index (χ0v) is 21.2. The fourth-order valence-electron chi connectivity index (χ4n) is 7.36. The Balaban J connectivity index is 1.08. The number of pyridine rings is 1. The van der Waals surface area contributed by atoms with Gasteiger partial charge >= 0.3 is 0 Å². The van der Waals surface area contributed by atoms with Gasteiger partial charge < -0.3 is 20.3 Å². The van der Waals surface area contributed by atoms with Gasteiger partial charge in [-0.15, -0.1) is 0 Å². The van der Waals surface area contributed by atoms with Crippen molar-refractivity contribution in [2.45, 2.75) is 82.5 Å². The number of carbonyl (C=O) groups is 2. The number of carbonyl (C=O) groups excluding carboxylic acids is 2. The first-order valence-corrected chi connectivity index (χ1v) is 13.5. The largest absolute Gasteiger partial charge is 0.496 e. The lowest BCUT2D eigenvalue weighted by atomic mass is 9.95. The highest BCUT2D eigenvalue weighted by molar-refractivity contribution is 5.96. The van der Waals surface area contributed by atoms with Crippen molar-refractivity contribution >= 4 is 17.6 Å². The minimum absolute atomic E-state index is 0.00354. The summed E-state index contributed by atoms with van der Waals surface area (Å²) >= 11 is 0. The topological polar surface area (TPSA) is 83.6 Å². The number of hydrogen-bond acceptors (Lipinski definition) is 5. The first-order valence-electron chi connectivity index (χ1n) is 13.5. The number of rotatable bonds is 6. The van der Waals surface area contributed by atoms with E-state index in [9.17, 15) is 9.59 Å². The number of fused-ring (bicyclic) bond motifs is 4. The number of amides is 2. The molecule has 1 aromatic carbocycles. The molecule has 2 saturated carbocycles. The fraction of sp³-hybridized carbons (Fsp3) is 0.552. The number of aromatic nitrogens is 1. The van der Waals surface area contributed by atoms with Crippen LogP contribution in [0.2, 0.25) is 0 Å². The van der Waals surface area contributed by atoms with Crippen LogP contribution in [0, 0.1) is 18.8 Å². The maximum absolute atomic E-state index is 13.0. The van der Waals surface area contributed by atoms with Crippen LogP contribution in [0.3, 0.4) is 0 Å². The van der Waals surface area contributed by atoms with Crippen molar-refractivity contribution < 1.29 is 14.3 Å². The number of benzene rings is 1. The van der Waals surface area contributed by atoms with Crippen LogP contribution < -0.4 is 20.3 Å². The van der Waals surface area contributed by atoms with Gasteiger partial charge in [-0.25, -0.2) is 4.98 Å². The highest BCUT2D eigenvalue weighted by atomic mass is 16.5. The SMILES string of the molecule is COc1cccc(C(=O)NC2CC3CCC(C2)N3c2ccc(C(=O)N[C@@H]3CC4CCC3C4)cn2)c1C. The van der Waals surface area contributed by atoms with Crippen LogP contribution in [0.4, 0.5) is 5.82 Å². The van der Waals surface area contributed by atoms with Crippen LogP contribution in [0.5, 0.6) is 5.75 Å². The maximum atomic E-state index is 13.0. The van der Waals surface area contributed by atoms with Crippen LogP contribution >= 0.6 is 0 Å². The van der Waals surface area contributed by atoms with Gasteiger partial charge in [0.25, 0.3) is 11.8 Å². The Morgan fingerprint density at radius 2 is 1.75 bits per heavy atom. The molecule has 7 heteroatoms. The molecule has 4 fully saturated rings. The second-order valence-electron chi connectivity index (χ2n) is 11.2. The van der Waals surface area contributed by atoms with E-state index in [1.165, 1.54) is 19.3 Å². The van der Waals surface area contributed by atoms with E-state index in [0.29, 0.717) is 35.2 Å². The normalized spacial score (nSPS) is 30.3. The first-order chi connectivity index (χ1) is 17.5. The molecule has 7 nitrogen and oxygen atoms in total. The molecule has 36 heavy (non-hydrogen) atoms. The third kappa shape index (κ3) is 4.22. The third-order valence-electron chi connectivity index (χ3n) is 9.15. The Kier molecular flexibility index (Phi) is 6.10. The molecular weight excluding hydrogens is 452 g/mol. The third-order valence-corrected chi connectivity index (χ3v) is 9.15. The predicted octanol–water partition coefficient (Wildman–Crippen LogP) is 4.25. The van der Waals surface area contributed by atoms with E-state index in [4.69, 9.17) is 9.72 Å². The van der Waals surface area contributed by atoms with Crippen molar-refractivity contribution in [1.29, 1.82) is 0 Å². The molecule has 3 heterocycles. The smallest absolute Gasteiger partial charge is 0.253 e. The predicted molar refractivity (Wildman–Crippen MR) is 138 cm³/mol. The summed E-state index contributed by atoms with van der Waals surface area (Å²) in [6.07, 6.45) is 10.7. The average Bonchev–Trinajstić information content (AvgIpc) is 3.57. The molecule has 2 aromatic rings. The molecule has 2 N–H and O–H groups in total. The molecule has 0 spiro atoms. The second kappa shape index (κ2) is 9.41. The lowest BCUT2D eigenvalue weighted by Crippen LogP contribution is -2.50. The van der Waals surface area contributed by atoms with E-state index in [1.807, 2.05) is 37.3 Å². The number of nitrogens with one attached hydrogen (secondary N) is 2. The van der Waals surface area contributed by atoms with Gasteiger partial charge in [-0.05, 0) is 88.0 Å². The summed E-state index contributed by atoms with van der Waals surface area (Å²) in [6, 6.07) is 10.7. The Bertz CT molecular complexity index is 1140. The van der Waals surface area contributed by atoms with Gasteiger partial charge in [-0.1, -0.05) is 12.5 Å². The van der Waals surface area contributed by atoms with E-state index in [-0.39, 0.29) is 17.9 Å². The molecule has 4 unspecified atom stereocenters. The minimum Gasteiger partial charge on any atom is -0.496 e. The van der Waals surface area contributed by atoms with E-state index in [2.05, 4.69) is 15.5 Å². The lowest BCUT2D eigenvalue weighted by molar-refractivity contribution is 0.0916. The first kappa shape index (κ1) is 23.3. The highest BCUT2D eigenvalue weighted by Gasteiger charge is 2.42. The van der Waals surface area contributed by atoms with Crippen molar-refractivity contribution in [2.24, 2.45) is 11.8 Å². The van der Waals surface area contributed by atoms with Gasteiger partial charge in [0, 0.05) is 41.5 Å². The summed E-state index contributed by atoms with van der Waals surface area (Å²) in [4.78, 5) is 33.0. The Labute approximate surface area is 213 Å². The number of ether oxygens (including phenoxy) is 1. The van der Waals surface area contributed by atoms with Crippen molar-refractivity contribution in [3.05, 3.63) is 53.2 Å². The zero-order valence-electron chi connectivity index (χ0n) is 21.2. The maximum Gasteiger partial charge on any atom is 0.253 e. The molecule has 1 aromatic heterocycles. The monoisotopic (exact) mass is 488 g/mol. The molecule has 6 rings (SSSR count). The molecule has 4 aliphatic rings. The summed E-state index contributed by atoms with van der Waals surface area (Å²) in [5, 5.41) is 6.54. The van der Waals surface area contributed by atoms with Crippen LogP contribution in [0.15, 0.2) is 36.5 Å². The minimum atomic E-state index is -0.0341. The number of piperidine rings is 1. The molecule has 190 valence electrons. The number of methoxy groups -OCH3 is 1. The van der Waals surface area contributed by atoms with Crippen LogP contribution in [-0.2, 0) is 0 Å². The summed E-state index contributed by atoms with van der Waals surface area (Å²) in [5.74, 6) is 3.11. The lowest BCUT2D eigenvalue weighted by Gasteiger charge is -2.40. The van der Waals surface area contributed by atoms with Gasteiger partial charge in [0.2, 0.25) is 0 Å². The van der Waals surface area contributed by atoms with Crippen molar-refractivity contribution in [3.8, 4) is 5.75 Å². The summed E-state index contributed by atoms with van der Waals surface area (Å²) in [6.45, 7) is 1.92. The Hall–Kier alpha value is -3.09. The van der Waals surface area contributed by atoms with Gasteiger partial charge in [0.1, 0.15) is 11.6 Å². The Morgan fingerprint density at radius 3 is 2.39 bits per heavy atom. The van der Waals surface area contributed by atoms with E-state index < -0.39 is 0 Å². The molecule has 4 bridgehead atoms. The van der Waals surface area contributed by atoms with Crippen molar-refractivity contribution in [2.75, 3.05) is 12.0 Å². The average molecular weight is 489 g/mol. The van der Waals surface area contributed by atoms with Crippen molar-refractivity contribution in [1.82, 2.24) is 15.6 Å². The van der Waals surface area contributed by atoms with Gasteiger partial charge in [0.15, 0.2) is 0 Å². The van der Waals surface area contributed by atoms with Crippen LogP contribution in [0.1, 0.15) is 77.6 Å². The molecule has 2 amide bonds.